The molecule has 1 aromatic carbocycles. The average molecular weight is 252 g/mol. The average Bonchev–Trinajstić information content (AvgIpc) is 2.27. The van der Waals surface area contributed by atoms with Crippen LogP contribution < -0.4 is 0 Å². The first kappa shape index (κ1) is 13.0. The first-order valence-electron chi connectivity index (χ1n) is 5.88. The standard InChI is InChI=1S/C13H17FN2O2/c1-15(2)12(9-3-5-10(14)6-4-9)13(18)16-7-11(17)8-16/h3-6,11-12,17H,7-8H2,1-2H3/t12-/m1/s1. The number of aliphatic hydroxyl groups excluding tert-OH is 1. The SMILES string of the molecule is CN(C)[C@@H](C(=O)N1CC(O)C1)c1ccc(F)cc1. The number of likely N-dealkylation sites (N-methyl/N-ethyl adjacent to an activating group) is 1. The van der Waals surface area contributed by atoms with E-state index in [4.69, 9.17) is 0 Å². The van der Waals surface area contributed by atoms with Crippen molar-refractivity contribution in [3.63, 3.8) is 0 Å². The van der Waals surface area contributed by atoms with Crippen LogP contribution >= 0.6 is 0 Å². The van der Waals surface area contributed by atoms with Crippen LogP contribution in [0.1, 0.15) is 11.6 Å². The van der Waals surface area contributed by atoms with Gasteiger partial charge in [0.15, 0.2) is 0 Å². The van der Waals surface area contributed by atoms with E-state index in [-0.39, 0.29) is 11.7 Å². The van der Waals surface area contributed by atoms with E-state index < -0.39 is 12.1 Å². The summed E-state index contributed by atoms with van der Waals surface area (Å²) in [5.41, 5.74) is 0.757. The fraction of sp³-hybridized carbons (Fsp3) is 0.462. The lowest BCUT2D eigenvalue weighted by Crippen LogP contribution is -2.56. The predicted octanol–water partition coefficient (Wildman–Crippen LogP) is 0.631. The summed E-state index contributed by atoms with van der Waals surface area (Å²) >= 11 is 0. The van der Waals surface area contributed by atoms with Gasteiger partial charge in [-0.3, -0.25) is 9.69 Å². The van der Waals surface area contributed by atoms with Gasteiger partial charge in [0.1, 0.15) is 11.9 Å². The van der Waals surface area contributed by atoms with Crippen LogP contribution in [0.4, 0.5) is 4.39 Å². The van der Waals surface area contributed by atoms with Crippen LogP contribution in [0.25, 0.3) is 0 Å². The zero-order valence-corrected chi connectivity index (χ0v) is 10.5. The highest BCUT2D eigenvalue weighted by Gasteiger charge is 2.34. The molecule has 0 unspecified atom stereocenters. The van der Waals surface area contributed by atoms with Gasteiger partial charge in [0.05, 0.1) is 6.10 Å². The number of β-amino-alcohol motifs (C(OH)–C–C–N with tert-alkyl or cyclic N) is 1. The molecule has 1 aromatic rings. The number of benzene rings is 1. The van der Waals surface area contributed by atoms with Crippen LogP contribution in [0.5, 0.6) is 0 Å². The van der Waals surface area contributed by atoms with Crippen LogP contribution in [-0.4, -0.2) is 54.1 Å². The van der Waals surface area contributed by atoms with Gasteiger partial charge in [0.25, 0.3) is 0 Å². The van der Waals surface area contributed by atoms with Gasteiger partial charge >= 0.3 is 0 Å². The van der Waals surface area contributed by atoms with E-state index in [9.17, 15) is 14.3 Å². The maximum atomic E-state index is 12.9. The monoisotopic (exact) mass is 252 g/mol. The Morgan fingerprint density at radius 1 is 1.39 bits per heavy atom. The summed E-state index contributed by atoms with van der Waals surface area (Å²) in [5, 5.41) is 9.24. The van der Waals surface area contributed by atoms with Crippen LogP contribution in [0.3, 0.4) is 0 Å². The maximum Gasteiger partial charge on any atom is 0.244 e. The van der Waals surface area contributed by atoms with E-state index in [1.165, 1.54) is 12.1 Å². The Hall–Kier alpha value is -1.46. The van der Waals surface area contributed by atoms with Gasteiger partial charge in [-0.05, 0) is 31.8 Å². The minimum Gasteiger partial charge on any atom is -0.389 e. The van der Waals surface area contributed by atoms with Crippen molar-refractivity contribution < 1.29 is 14.3 Å². The topological polar surface area (TPSA) is 43.8 Å². The van der Waals surface area contributed by atoms with E-state index in [2.05, 4.69) is 0 Å². The molecule has 5 heteroatoms. The number of halogens is 1. The smallest absolute Gasteiger partial charge is 0.244 e. The minimum atomic E-state index is -0.432. The highest BCUT2D eigenvalue weighted by atomic mass is 19.1. The number of amides is 1. The van der Waals surface area contributed by atoms with Gasteiger partial charge < -0.3 is 10.0 Å². The number of rotatable bonds is 3. The summed E-state index contributed by atoms with van der Waals surface area (Å²) in [6.45, 7) is 0.759. The van der Waals surface area contributed by atoms with Crippen molar-refractivity contribution in [2.24, 2.45) is 0 Å². The quantitative estimate of drug-likeness (QED) is 0.858. The van der Waals surface area contributed by atoms with Crippen LogP contribution in [-0.2, 0) is 4.79 Å². The summed E-state index contributed by atoms with van der Waals surface area (Å²) in [7, 11) is 3.62. The van der Waals surface area contributed by atoms with Crippen molar-refractivity contribution in [3.05, 3.63) is 35.6 Å². The lowest BCUT2D eigenvalue weighted by Gasteiger charge is -2.39. The second-order valence-electron chi connectivity index (χ2n) is 4.81. The Labute approximate surface area is 106 Å². The molecule has 18 heavy (non-hydrogen) atoms. The number of likely N-dealkylation sites (tertiary alicyclic amines) is 1. The molecule has 2 rings (SSSR count). The zero-order valence-electron chi connectivity index (χ0n) is 10.5. The van der Waals surface area contributed by atoms with Gasteiger partial charge in [0.2, 0.25) is 5.91 Å². The molecule has 0 bridgehead atoms. The summed E-state index contributed by atoms with van der Waals surface area (Å²) in [6, 6.07) is 5.51. The molecule has 1 heterocycles. The molecule has 98 valence electrons. The second kappa shape index (κ2) is 5.04. The van der Waals surface area contributed by atoms with Crippen LogP contribution in [0.2, 0.25) is 0 Å². The molecule has 0 aromatic heterocycles. The number of carbonyl (C=O) groups excluding carboxylic acids is 1. The Morgan fingerprint density at radius 2 is 1.94 bits per heavy atom. The minimum absolute atomic E-state index is 0.0584. The fourth-order valence-electron chi connectivity index (χ4n) is 2.11. The summed E-state index contributed by atoms with van der Waals surface area (Å²) in [4.78, 5) is 15.7. The fourth-order valence-corrected chi connectivity index (χ4v) is 2.11. The van der Waals surface area contributed by atoms with E-state index in [0.29, 0.717) is 13.1 Å². The molecular weight excluding hydrogens is 235 g/mol. The van der Waals surface area contributed by atoms with Gasteiger partial charge in [-0.15, -0.1) is 0 Å². The van der Waals surface area contributed by atoms with Crippen molar-refractivity contribution in [1.82, 2.24) is 9.80 Å². The van der Waals surface area contributed by atoms with E-state index in [1.807, 2.05) is 14.1 Å². The van der Waals surface area contributed by atoms with Crippen molar-refractivity contribution in [3.8, 4) is 0 Å². The number of nitrogens with zero attached hydrogens (tertiary/aromatic N) is 2. The third kappa shape index (κ3) is 2.52. The van der Waals surface area contributed by atoms with Gasteiger partial charge in [-0.25, -0.2) is 4.39 Å². The Kier molecular flexibility index (Phi) is 3.63. The Morgan fingerprint density at radius 3 is 2.39 bits per heavy atom. The van der Waals surface area contributed by atoms with Crippen molar-refractivity contribution in [1.29, 1.82) is 0 Å². The van der Waals surface area contributed by atoms with E-state index >= 15 is 0 Å². The van der Waals surface area contributed by atoms with E-state index in [0.717, 1.165) is 5.56 Å². The molecule has 0 spiro atoms. The lowest BCUT2D eigenvalue weighted by atomic mass is 10.0. The molecule has 4 nitrogen and oxygen atoms in total. The molecule has 1 amide bonds. The third-order valence-corrected chi connectivity index (χ3v) is 3.11. The normalized spacial score (nSPS) is 17.7. The first-order chi connectivity index (χ1) is 8.49. The molecule has 0 aliphatic carbocycles. The highest BCUT2D eigenvalue weighted by molar-refractivity contribution is 5.84. The Bertz CT molecular complexity index is 427. The number of aliphatic hydroxyl groups is 1. The molecule has 1 aliphatic heterocycles. The maximum absolute atomic E-state index is 12.9. The molecule has 0 saturated carbocycles. The molecule has 1 fully saturated rings. The number of hydrogen-bond acceptors (Lipinski definition) is 3. The van der Waals surface area contributed by atoms with Gasteiger partial charge in [-0.2, -0.15) is 0 Å². The van der Waals surface area contributed by atoms with Gasteiger partial charge in [0, 0.05) is 13.1 Å². The second-order valence-corrected chi connectivity index (χ2v) is 4.81. The summed E-state index contributed by atoms with van der Waals surface area (Å²) in [6.07, 6.45) is -0.412. The van der Waals surface area contributed by atoms with Crippen molar-refractivity contribution >= 4 is 5.91 Å². The molecule has 1 atom stereocenters. The van der Waals surface area contributed by atoms with E-state index in [1.54, 1.807) is 21.9 Å². The zero-order chi connectivity index (χ0) is 13.3. The predicted molar refractivity (Wildman–Crippen MR) is 65.4 cm³/mol. The summed E-state index contributed by atoms with van der Waals surface area (Å²) < 4.78 is 12.9. The molecular formula is C13H17FN2O2. The number of carbonyl (C=O) groups is 1. The lowest BCUT2D eigenvalue weighted by molar-refractivity contribution is -0.146. The molecule has 1 N–H and O–H groups in total. The molecule has 1 aliphatic rings. The number of hydrogen-bond donors (Lipinski definition) is 1. The van der Waals surface area contributed by atoms with Gasteiger partial charge in [-0.1, -0.05) is 12.1 Å². The highest BCUT2D eigenvalue weighted by Crippen LogP contribution is 2.23. The van der Waals surface area contributed by atoms with Crippen molar-refractivity contribution in [2.45, 2.75) is 12.1 Å². The Balaban J connectivity index is 2.18. The third-order valence-electron chi connectivity index (χ3n) is 3.11. The first-order valence-corrected chi connectivity index (χ1v) is 5.88. The summed E-state index contributed by atoms with van der Waals surface area (Å²) in [5.74, 6) is -0.375. The van der Waals surface area contributed by atoms with Crippen molar-refractivity contribution in [2.75, 3.05) is 27.2 Å². The van der Waals surface area contributed by atoms with Crippen LogP contribution in [0, 0.1) is 5.82 Å². The largest absolute Gasteiger partial charge is 0.389 e. The van der Waals surface area contributed by atoms with Crippen LogP contribution in [0.15, 0.2) is 24.3 Å². The molecule has 1 saturated heterocycles. The molecule has 0 radical (unpaired) electrons.